The van der Waals surface area contributed by atoms with E-state index in [0.717, 1.165) is 60.8 Å². The molecule has 0 saturated heterocycles. The first kappa shape index (κ1) is 17.1. The van der Waals surface area contributed by atoms with Crippen molar-refractivity contribution in [1.82, 2.24) is 0 Å². The zero-order chi connectivity index (χ0) is 17.8. The van der Waals surface area contributed by atoms with Gasteiger partial charge in [0.2, 0.25) is 0 Å². The van der Waals surface area contributed by atoms with E-state index in [4.69, 9.17) is 4.74 Å². The number of fused-ring (bicyclic) bond motifs is 1. The maximum atomic E-state index is 13.4. The predicted octanol–water partition coefficient (Wildman–Crippen LogP) is 5.16. The van der Waals surface area contributed by atoms with Crippen LogP contribution < -0.4 is 4.74 Å². The van der Waals surface area contributed by atoms with Crippen LogP contribution in [0.2, 0.25) is 0 Å². The number of aliphatic imine (C=N–C) groups is 1. The molecule has 2 aromatic rings. The van der Waals surface area contributed by atoms with E-state index in [1.54, 1.807) is 12.1 Å². The van der Waals surface area contributed by atoms with Crippen LogP contribution in [-0.2, 0) is 6.42 Å². The number of halogens is 2. The monoisotopic (exact) mass is 340 g/mol. The fourth-order valence-corrected chi connectivity index (χ4v) is 3.01. The molecule has 2 aromatic carbocycles. The first-order valence-electron chi connectivity index (χ1n) is 8.36. The summed E-state index contributed by atoms with van der Waals surface area (Å²) in [6, 6.07) is 8.62. The molecule has 0 amide bonds. The lowest BCUT2D eigenvalue weighted by atomic mass is 10.0. The zero-order valence-electron chi connectivity index (χ0n) is 14.0. The molecule has 25 heavy (non-hydrogen) atoms. The summed E-state index contributed by atoms with van der Waals surface area (Å²) in [5, 5.41) is 9.40. The van der Waals surface area contributed by atoms with Gasteiger partial charge in [0, 0.05) is 41.6 Å². The van der Waals surface area contributed by atoms with Gasteiger partial charge in [-0.3, -0.25) is 4.99 Å². The minimum atomic E-state index is -0.692. The Balaban J connectivity index is 1.98. The summed E-state index contributed by atoms with van der Waals surface area (Å²) in [6.07, 6.45) is 3.50. The SMILES string of the molecule is CCCC/N=C1\CCc2c(Oc3cc(F)cc(F)c3)ccc(C#N)c21. The van der Waals surface area contributed by atoms with Gasteiger partial charge in [-0.1, -0.05) is 13.3 Å². The smallest absolute Gasteiger partial charge is 0.133 e. The van der Waals surface area contributed by atoms with Crippen molar-refractivity contribution in [1.29, 1.82) is 5.26 Å². The highest BCUT2D eigenvalue weighted by atomic mass is 19.1. The predicted molar refractivity (Wildman–Crippen MR) is 92.2 cm³/mol. The molecule has 0 radical (unpaired) electrons. The van der Waals surface area contributed by atoms with Gasteiger partial charge < -0.3 is 4.74 Å². The molecular weight excluding hydrogens is 322 g/mol. The molecule has 0 aromatic heterocycles. The highest BCUT2D eigenvalue weighted by molar-refractivity contribution is 6.07. The second-order valence-corrected chi connectivity index (χ2v) is 5.97. The number of unbranched alkanes of at least 4 members (excludes halogenated alkanes) is 1. The van der Waals surface area contributed by atoms with Gasteiger partial charge in [0.05, 0.1) is 11.6 Å². The minimum Gasteiger partial charge on any atom is -0.457 e. The highest BCUT2D eigenvalue weighted by Crippen LogP contribution is 2.36. The van der Waals surface area contributed by atoms with Gasteiger partial charge in [-0.15, -0.1) is 0 Å². The number of hydrogen-bond donors (Lipinski definition) is 0. The summed E-state index contributed by atoms with van der Waals surface area (Å²) in [6.45, 7) is 2.84. The Labute approximate surface area is 145 Å². The molecule has 0 fully saturated rings. The summed E-state index contributed by atoms with van der Waals surface area (Å²) in [7, 11) is 0. The minimum absolute atomic E-state index is 0.0979. The Bertz CT molecular complexity index is 848. The van der Waals surface area contributed by atoms with Crippen molar-refractivity contribution in [2.75, 3.05) is 6.54 Å². The molecule has 128 valence electrons. The Morgan fingerprint density at radius 3 is 2.60 bits per heavy atom. The summed E-state index contributed by atoms with van der Waals surface area (Å²) in [4.78, 5) is 4.63. The third-order valence-corrected chi connectivity index (χ3v) is 4.17. The van der Waals surface area contributed by atoms with E-state index >= 15 is 0 Å². The van der Waals surface area contributed by atoms with Crippen molar-refractivity contribution >= 4 is 5.71 Å². The summed E-state index contributed by atoms with van der Waals surface area (Å²) < 4.78 is 32.5. The second-order valence-electron chi connectivity index (χ2n) is 5.97. The summed E-state index contributed by atoms with van der Waals surface area (Å²) in [5.41, 5.74) is 3.16. The summed E-state index contributed by atoms with van der Waals surface area (Å²) >= 11 is 0. The van der Waals surface area contributed by atoms with E-state index in [-0.39, 0.29) is 5.75 Å². The van der Waals surface area contributed by atoms with Crippen molar-refractivity contribution in [3.63, 3.8) is 0 Å². The number of benzene rings is 2. The van der Waals surface area contributed by atoms with Gasteiger partial charge in [-0.2, -0.15) is 5.26 Å². The first-order chi connectivity index (χ1) is 12.1. The molecule has 1 aliphatic rings. The average molecular weight is 340 g/mol. The van der Waals surface area contributed by atoms with E-state index in [2.05, 4.69) is 18.0 Å². The van der Waals surface area contributed by atoms with E-state index in [1.807, 2.05) is 0 Å². The van der Waals surface area contributed by atoms with E-state index in [9.17, 15) is 14.0 Å². The standard InChI is InChI=1S/C20H18F2N2O/c1-2-3-8-24-18-6-5-17-19(7-4-13(12-23)20(17)18)25-16-10-14(21)9-15(22)11-16/h4,7,9-11H,2-3,5-6,8H2,1H3/b24-18+. The van der Waals surface area contributed by atoms with Crippen molar-refractivity contribution in [3.8, 4) is 17.6 Å². The lowest BCUT2D eigenvalue weighted by Gasteiger charge is -2.12. The van der Waals surface area contributed by atoms with Gasteiger partial charge >= 0.3 is 0 Å². The molecular formula is C20H18F2N2O. The lowest BCUT2D eigenvalue weighted by molar-refractivity contribution is 0.463. The van der Waals surface area contributed by atoms with Gasteiger partial charge in [0.25, 0.3) is 0 Å². The average Bonchev–Trinajstić information content (AvgIpc) is 2.99. The van der Waals surface area contributed by atoms with Crippen LogP contribution in [0.5, 0.6) is 11.5 Å². The second kappa shape index (κ2) is 7.43. The van der Waals surface area contributed by atoms with Gasteiger partial charge in [0.15, 0.2) is 0 Å². The molecule has 3 rings (SSSR count). The fraction of sp³-hybridized carbons (Fsp3) is 0.300. The lowest BCUT2D eigenvalue weighted by Crippen LogP contribution is -2.01. The van der Waals surface area contributed by atoms with E-state index in [0.29, 0.717) is 17.7 Å². The third kappa shape index (κ3) is 3.69. The maximum Gasteiger partial charge on any atom is 0.133 e. The Morgan fingerprint density at radius 1 is 1.16 bits per heavy atom. The normalized spacial score (nSPS) is 14.4. The molecule has 0 atom stereocenters. The molecule has 5 heteroatoms. The molecule has 0 bridgehead atoms. The quantitative estimate of drug-likeness (QED) is 0.705. The number of hydrogen-bond acceptors (Lipinski definition) is 3. The largest absolute Gasteiger partial charge is 0.457 e. The Hall–Kier alpha value is -2.74. The van der Waals surface area contributed by atoms with Crippen molar-refractivity contribution < 1.29 is 13.5 Å². The van der Waals surface area contributed by atoms with Crippen LogP contribution in [0.15, 0.2) is 35.3 Å². The number of ether oxygens (including phenoxy) is 1. The van der Waals surface area contributed by atoms with Crippen LogP contribution in [0.4, 0.5) is 8.78 Å². The molecule has 0 spiro atoms. The Kier molecular flexibility index (Phi) is 5.08. The van der Waals surface area contributed by atoms with Crippen molar-refractivity contribution in [2.24, 2.45) is 4.99 Å². The van der Waals surface area contributed by atoms with Gasteiger partial charge in [0.1, 0.15) is 23.1 Å². The molecule has 3 nitrogen and oxygen atoms in total. The topological polar surface area (TPSA) is 45.4 Å². The molecule has 0 unspecified atom stereocenters. The van der Waals surface area contributed by atoms with Crippen LogP contribution in [0.1, 0.15) is 42.9 Å². The van der Waals surface area contributed by atoms with Crippen molar-refractivity contribution in [3.05, 3.63) is 58.7 Å². The van der Waals surface area contributed by atoms with Crippen LogP contribution >= 0.6 is 0 Å². The third-order valence-electron chi connectivity index (χ3n) is 4.17. The van der Waals surface area contributed by atoms with Crippen LogP contribution in [0.3, 0.4) is 0 Å². The fourth-order valence-electron chi connectivity index (χ4n) is 3.01. The first-order valence-corrected chi connectivity index (χ1v) is 8.36. The van der Waals surface area contributed by atoms with Crippen LogP contribution in [0.25, 0.3) is 0 Å². The highest BCUT2D eigenvalue weighted by Gasteiger charge is 2.25. The Morgan fingerprint density at radius 2 is 1.92 bits per heavy atom. The van der Waals surface area contributed by atoms with Crippen molar-refractivity contribution in [2.45, 2.75) is 32.6 Å². The number of rotatable bonds is 5. The van der Waals surface area contributed by atoms with Crippen LogP contribution in [-0.4, -0.2) is 12.3 Å². The van der Waals surface area contributed by atoms with Gasteiger partial charge in [-0.05, 0) is 31.4 Å². The van der Waals surface area contributed by atoms with Gasteiger partial charge in [-0.25, -0.2) is 8.78 Å². The zero-order valence-corrected chi connectivity index (χ0v) is 14.0. The number of nitriles is 1. The van der Waals surface area contributed by atoms with Crippen LogP contribution in [0, 0.1) is 23.0 Å². The maximum absolute atomic E-state index is 13.4. The molecule has 0 heterocycles. The summed E-state index contributed by atoms with van der Waals surface area (Å²) in [5.74, 6) is -0.773. The van der Waals surface area contributed by atoms with E-state index < -0.39 is 11.6 Å². The molecule has 0 aliphatic heterocycles. The molecule has 0 saturated carbocycles. The number of nitrogens with zero attached hydrogens (tertiary/aromatic N) is 2. The molecule has 1 aliphatic carbocycles. The molecule has 0 N–H and O–H groups in total. The van der Waals surface area contributed by atoms with E-state index in [1.165, 1.54) is 0 Å².